The van der Waals surface area contributed by atoms with Crippen LogP contribution in [0.15, 0.2) is 46.9 Å². The van der Waals surface area contributed by atoms with Gasteiger partial charge in [0.05, 0.1) is 15.5 Å². The largest absolute Gasteiger partial charge is 0.330 e. The minimum absolute atomic E-state index is 0.186. The van der Waals surface area contributed by atoms with Crippen molar-refractivity contribution in [1.82, 2.24) is 9.55 Å². The molecule has 0 amide bonds. The zero-order chi connectivity index (χ0) is 15.0. The third-order valence-corrected chi connectivity index (χ3v) is 4.48. The lowest BCUT2D eigenvalue weighted by atomic mass is 10.1. The van der Waals surface area contributed by atoms with Gasteiger partial charge in [-0.3, -0.25) is 0 Å². The predicted octanol–water partition coefficient (Wildman–Crippen LogP) is 5.40. The average molecular weight is 365 g/mol. The molecule has 1 heterocycles. The molecule has 1 N–H and O–H groups in total. The van der Waals surface area contributed by atoms with Crippen molar-refractivity contribution in [3.63, 3.8) is 0 Å². The molecule has 2 aromatic carbocycles. The SMILES string of the molecule is CC(Cc1ccccc1)n1c(=S)[nH]c2cc(F)c(Br)cc21. The van der Waals surface area contributed by atoms with Gasteiger partial charge in [0, 0.05) is 12.1 Å². The maximum atomic E-state index is 13.6. The molecule has 21 heavy (non-hydrogen) atoms. The van der Waals surface area contributed by atoms with Gasteiger partial charge in [-0.1, -0.05) is 30.3 Å². The number of aromatic nitrogens is 2. The molecule has 0 saturated carbocycles. The Labute approximate surface area is 135 Å². The Morgan fingerprint density at radius 3 is 2.71 bits per heavy atom. The smallest absolute Gasteiger partial charge is 0.178 e. The number of fused-ring (bicyclic) bond motifs is 1. The van der Waals surface area contributed by atoms with E-state index < -0.39 is 0 Å². The van der Waals surface area contributed by atoms with Crippen molar-refractivity contribution in [2.45, 2.75) is 19.4 Å². The van der Waals surface area contributed by atoms with Crippen LogP contribution in [0.3, 0.4) is 0 Å². The molecule has 5 heteroatoms. The van der Waals surface area contributed by atoms with Crippen molar-refractivity contribution in [2.24, 2.45) is 0 Å². The van der Waals surface area contributed by atoms with E-state index in [1.165, 1.54) is 11.6 Å². The van der Waals surface area contributed by atoms with Crippen LogP contribution in [0.4, 0.5) is 4.39 Å². The second-order valence-corrected chi connectivity index (χ2v) is 6.36. The molecule has 0 radical (unpaired) electrons. The summed E-state index contributed by atoms with van der Waals surface area (Å²) in [6, 6.07) is 13.7. The monoisotopic (exact) mass is 364 g/mol. The number of imidazole rings is 1. The average Bonchev–Trinajstić information content (AvgIpc) is 2.75. The third kappa shape index (κ3) is 2.80. The molecule has 0 aliphatic carbocycles. The Morgan fingerprint density at radius 1 is 1.29 bits per heavy atom. The van der Waals surface area contributed by atoms with E-state index in [1.54, 1.807) is 6.07 Å². The minimum Gasteiger partial charge on any atom is -0.330 e. The first kappa shape index (κ1) is 14.5. The molecule has 2 nitrogen and oxygen atoms in total. The highest BCUT2D eigenvalue weighted by Crippen LogP contribution is 2.26. The molecule has 0 bridgehead atoms. The molecule has 1 unspecified atom stereocenters. The van der Waals surface area contributed by atoms with Gasteiger partial charge in [0.1, 0.15) is 5.82 Å². The van der Waals surface area contributed by atoms with Gasteiger partial charge in [-0.15, -0.1) is 0 Å². The number of halogens is 2. The summed E-state index contributed by atoms with van der Waals surface area (Å²) in [7, 11) is 0. The highest BCUT2D eigenvalue weighted by molar-refractivity contribution is 9.10. The fraction of sp³-hybridized carbons (Fsp3) is 0.188. The van der Waals surface area contributed by atoms with E-state index >= 15 is 0 Å². The number of hydrogen-bond acceptors (Lipinski definition) is 1. The Bertz CT molecular complexity index is 839. The summed E-state index contributed by atoms with van der Waals surface area (Å²) in [6.07, 6.45) is 0.872. The summed E-state index contributed by atoms with van der Waals surface area (Å²) in [6.45, 7) is 2.12. The summed E-state index contributed by atoms with van der Waals surface area (Å²) in [4.78, 5) is 3.08. The molecule has 1 atom stereocenters. The van der Waals surface area contributed by atoms with Crippen LogP contribution in [0, 0.1) is 10.6 Å². The molecular formula is C16H14BrFN2S. The Kier molecular flexibility index (Phi) is 3.95. The summed E-state index contributed by atoms with van der Waals surface area (Å²) < 4.78 is 16.7. The van der Waals surface area contributed by atoms with Gasteiger partial charge >= 0.3 is 0 Å². The van der Waals surface area contributed by atoms with Gasteiger partial charge < -0.3 is 9.55 Å². The fourth-order valence-electron chi connectivity index (χ4n) is 2.60. The summed E-state index contributed by atoms with van der Waals surface area (Å²) in [5, 5.41) is 0. The van der Waals surface area contributed by atoms with Crippen LogP contribution in [-0.4, -0.2) is 9.55 Å². The number of H-pyrrole nitrogens is 1. The Morgan fingerprint density at radius 2 is 2.00 bits per heavy atom. The van der Waals surface area contributed by atoms with Crippen molar-refractivity contribution in [3.8, 4) is 0 Å². The second kappa shape index (κ2) is 5.73. The van der Waals surface area contributed by atoms with Gasteiger partial charge in [-0.05, 0) is 53.1 Å². The lowest BCUT2D eigenvalue weighted by Crippen LogP contribution is -2.08. The van der Waals surface area contributed by atoms with Crippen LogP contribution in [0.5, 0.6) is 0 Å². The van der Waals surface area contributed by atoms with Crippen LogP contribution in [-0.2, 0) is 6.42 Å². The van der Waals surface area contributed by atoms with Crippen LogP contribution in [0.2, 0.25) is 0 Å². The molecule has 0 fully saturated rings. The highest BCUT2D eigenvalue weighted by Gasteiger charge is 2.14. The number of hydrogen-bond donors (Lipinski definition) is 1. The standard InChI is InChI=1S/C16H14BrFN2S/c1-10(7-11-5-3-2-4-6-11)20-15-8-12(17)13(18)9-14(15)19-16(20)21/h2-6,8-10H,7H2,1H3,(H,19,21). The third-order valence-electron chi connectivity index (χ3n) is 3.57. The van der Waals surface area contributed by atoms with Crippen molar-refractivity contribution >= 4 is 39.2 Å². The van der Waals surface area contributed by atoms with Crippen molar-refractivity contribution in [3.05, 3.63) is 63.1 Å². The highest BCUT2D eigenvalue weighted by atomic mass is 79.9. The van der Waals surface area contributed by atoms with E-state index in [-0.39, 0.29) is 11.9 Å². The lowest BCUT2D eigenvalue weighted by molar-refractivity contribution is 0.552. The Balaban J connectivity index is 2.05. The topological polar surface area (TPSA) is 20.7 Å². The zero-order valence-corrected chi connectivity index (χ0v) is 13.8. The number of nitrogens with zero attached hydrogens (tertiary/aromatic N) is 1. The molecule has 3 rings (SSSR count). The molecule has 108 valence electrons. The van der Waals surface area contributed by atoms with Gasteiger partial charge in [0.15, 0.2) is 4.77 Å². The number of aromatic amines is 1. The van der Waals surface area contributed by atoms with Gasteiger partial charge in [0.25, 0.3) is 0 Å². The van der Waals surface area contributed by atoms with Crippen molar-refractivity contribution in [1.29, 1.82) is 0 Å². The minimum atomic E-state index is -0.290. The van der Waals surface area contributed by atoms with Crippen LogP contribution in [0.1, 0.15) is 18.5 Å². The van der Waals surface area contributed by atoms with Crippen LogP contribution in [0.25, 0.3) is 11.0 Å². The maximum Gasteiger partial charge on any atom is 0.178 e. The quantitative estimate of drug-likeness (QED) is 0.616. The van der Waals surface area contributed by atoms with E-state index in [1.807, 2.05) is 22.8 Å². The van der Waals surface area contributed by atoms with Gasteiger partial charge in [-0.25, -0.2) is 4.39 Å². The second-order valence-electron chi connectivity index (χ2n) is 5.12. The molecule has 0 aliphatic heterocycles. The van der Waals surface area contributed by atoms with Gasteiger partial charge in [0.2, 0.25) is 0 Å². The first-order chi connectivity index (χ1) is 10.1. The van der Waals surface area contributed by atoms with E-state index in [0.29, 0.717) is 9.24 Å². The van der Waals surface area contributed by atoms with Crippen LogP contribution < -0.4 is 0 Å². The molecule has 0 aliphatic rings. The van der Waals surface area contributed by atoms with Crippen molar-refractivity contribution < 1.29 is 4.39 Å². The normalized spacial score (nSPS) is 12.7. The number of rotatable bonds is 3. The Hall–Kier alpha value is -1.46. The first-order valence-corrected chi connectivity index (χ1v) is 7.89. The number of benzene rings is 2. The fourth-order valence-corrected chi connectivity index (χ4v) is 3.32. The summed E-state index contributed by atoms with van der Waals surface area (Å²) in [5.41, 5.74) is 2.89. The van der Waals surface area contributed by atoms with Gasteiger partial charge in [-0.2, -0.15) is 0 Å². The molecule has 3 aromatic rings. The van der Waals surface area contributed by atoms with Crippen LogP contribution >= 0.6 is 28.1 Å². The maximum absolute atomic E-state index is 13.6. The zero-order valence-electron chi connectivity index (χ0n) is 11.4. The molecule has 0 saturated heterocycles. The molecular weight excluding hydrogens is 351 g/mol. The van der Waals surface area contributed by atoms with Crippen molar-refractivity contribution in [2.75, 3.05) is 0 Å². The predicted molar refractivity (Wildman–Crippen MR) is 89.6 cm³/mol. The molecule has 0 spiro atoms. The summed E-state index contributed by atoms with van der Waals surface area (Å²) in [5.74, 6) is -0.290. The van der Waals surface area contributed by atoms with E-state index in [9.17, 15) is 4.39 Å². The van der Waals surface area contributed by atoms with E-state index in [0.717, 1.165) is 17.5 Å². The lowest BCUT2D eigenvalue weighted by Gasteiger charge is -2.15. The van der Waals surface area contributed by atoms with E-state index in [2.05, 4.69) is 40.0 Å². The first-order valence-electron chi connectivity index (χ1n) is 6.69. The van der Waals surface area contributed by atoms with E-state index in [4.69, 9.17) is 12.2 Å². The molecule has 1 aromatic heterocycles. The number of nitrogens with one attached hydrogen (secondary N) is 1. The summed E-state index contributed by atoms with van der Waals surface area (Å²) >= 11 is 8.64.